The molecule has 0 aromatic carbocycles. The van der Waals surface area contributed by atoms with Gasteiger partial charge in [-0.3, -0.25) is 9.59 Å². The lowest BCUT2D eigenvalue weighted by Crippen LogP contribution is -2.48. The standard InChI is InChI=1S/C16H25N3O3S/c1-19(15(21)13-4-3-9-23-13)10-14(20)18-11-16(12-22-2)5-7-17-8-6-16/h3-4,9,17H,5-8,10-12H2,1-2H3,(H,18,20). The molecule has 7 heteroatoms. The Kier molecular flexibility index (Phi) is 6.56. The molecule has 2 amide bonds. The summed E-state index contributed by atoms with van der Waals surface area (Å²) in [7, 11) is 3.34. The van der Waals surface area contributed by atoms with E-state index in [-0.39, 0.29) is 23.8 Å². The van der Waals surface area contributed by atoms with Gasteiger partial charge in [0.25, 0.3) is 5.91 Å². The molecule has 0 bridgehead atoms. The first kappa shape index (κ1) is 17.9. The Balaban J connectivity index is 1.82. The molecule has 0 unspecified atom stereocenters. The van der Waals surface area contributed by atoms with Crippen LogP contribution in [0.5, 0.6) is 0 Å². The van der Waals surface area contributed by atoms with Crippen molar-refractivity contribution >= 4 is 23.2 Å². The van der Waals surface area contributed by atoms with Gasteiger partial charge in [0.05, 0.1) is 18.0 Å². The molecule has 1 aliphatic heterocycles. The number of hydrogen-bond acceptors (Lipinski definition) is 5. The van der Waals surface area contributed by atoms with Crippen molar-refractivity contribution in [3.63, 3.8) is 0 Å². The second kappa shape index (κ2) is 8.42. The third-order valence-corrected chi connectivity index (χ3v) is 5.09. The molecule has 2 rings (SSSR count). The van der Waals surface area contributed by atoms with Gasteiger partial charge < -0.3 is 20.3 Å². The van der Waals surface area contributed by atoms with Crippen molar-refractivity contribution in [2.75, 3.05) is 46.9 Å². The van der Waals surface area contributed by atoms with Crippen LogP contribution in [0.1, 0.15) is 22.5 Å². The molecular formula is C16H25N3O3S. The Morgan fingerprint density at radius 3 is 2.78 bits per heavy atom. The number of methoxy groups -OCH3 is 1. The van der Waals surface area contributed by atoms with Crippen LogP contribution in [0.3, 0.4) is 0 Å². The molecule has 0 aliphatic carbocycles. The first-order chi connectivity index (χ1) is 11.1. The van der Waals surface area contributed by atoms with Gasteiger partial charge in [-0.2, -0.15) is 0 Å². The van der Waals surface area contributed by atoms with Crippen LogP contribution in [0.4, 0.5) is 0 Å². The Morgan fingerprint density at radius 1 is 1.43 bits per heavy atom. The summed E-state index contributed by atoms with van der Waals surface area (Å²) in [5.41, 5.74) is -0.00794. The van der Waals surface area contributed by atoms with Crippen LogP contribution in [0.15, 0.2) is 17.5 Å². The molecule has 1 aromatic heterocycles. The lowest BCUT2D eigenvalue weighted by Gasteiger charge is -2.37. The van der Waals surface area contributed by atoms with E-state index in [0.29, 0.717) is 18.0 Å². The van der Waals surface area contributed by atoms with Gasteiger partial charge in [0.1, 0.15) is 0 Å². The van der Waals surface area contributed by atoms with E-state index < -0.39 is 0 Å². The maximum absolute atomic E-state index is 12.2. The minimum Gasteiger partial charge on any atom is -0.384 e. The van der Waals surface area contributed by atoms with E-state index >= 15 is 0 Å². The zero-order valence-corrected chi connectivity index (χ0v) is 14.6. The number of likely N-dealkylation sites (N-methyl/N-ethyl adjacent to an activating group) is 1. The summed E-state index contributed by atoms with van der Waals surface area (Å²) in [6, 6.07) is 3.60. The zero-order valence-electron chi connectivity index (χ0n) is 13.8. The second-order valence-electron chi connectivity index (χ2n) is 6.10. The molecule has 2 heterocycles. The molecule has 1 fully saturated rings. The van der Waals surface area contributed by atoms with Crippen LogP contribution in [0.2, 0.25) is 0 Å². The number of nitrogens with one attached hydrogen (secondary N) is 2. The minimum absolute atomic E-state index is 0.00794. The molecule has 23 heavy (non-hydrogen) atoms. The summed E-state index contributed by atoms with van der Waals surface area (Å²) in [5, 5.41) is 8.15. The molecule has 2 N–H and O–H groups in total. The molecule has 0 atom stereocenters. The molecule has 0 saturated carbocycles. The summed E-state index contributed by atoms with van der Waals surface area (Å²) >= 11 is 1.38. The summed E-state index contributed by atoms with van der Waals surface area (Å²) in [6.45, 7) is 3.17. The number of ether oxygens (including phenoxy) is 1. The highest BCUT2D eigenvalue weighted by Gasteiger charge is 2.32. The SMILES string of the molecule is COCC1(CNC(=O)CN(C)C(=O)c2cccs2)CCNCC1. The number of thiophene rings is 1. The third kappa shape index (κ3) is 5.02. The largest absolute Gasteiger partial charge is 0.384 e. The highest BCUT2D eigenvalue weighted by atomic mass is 32.1. The average Bonchev–Trinajstić information content (AvgIpc) is 3.08. The smallest absolute Gasteiger partial charge is 0.264 e. The fourth-order valence-corrected chi connectivity index (χ4v) is 3.57. The molecular weight excluding hydrogens is 314 g/mol. The van der Waals surface area contributed by atoms with Crippen molar-refractivity contribution in [3.8, 4) is 0 Å². The van der Waals surface area contributed by atoms with Crippen LogP contribution < -0.4 is 10.6 Å². The predicted octanol–water partition coefficient (Wildman–Crippen LogP) is 0.953. The van der Waals surface area contributed by atoms with E-state index in [0.717, 1.165) is 25.9 Å². The van der Waals surface area contributed by atoms with Gasteiger partial charge >= 0.3 is 0 Å². The van der Waals surface area contributed by atoms with E-state index in [1.807, 2.05) is 11.4 Å². The minimum atomic E-state index is -0.133. The number of nitrogens with zero attached hydrogens (tertiary/aromatic N) is 1. The van der Waals surface area contributed by atoms with Gasteiger partial charge in [0.15, 0.2) is 0 Å². The van der Waals surface area contributed by atoms with Crippen LogP contribution in [0, 0.1) is 5.41 Å². The maximum atomic E-state index is 12.2. The molecule has 6 nitrogen and oxygen atoms in total. The normalized spacial score (nSPS) is 16.8. The quantitative estimate of drug-likeness (QED) is 0.776. The van der Waals surface area contributed by atoms with Crippen molar-refractivity contribution in [1.82, 2.24) is 15.5 Å². The molecule has 0 spiro atoms. The number of carbonyl (C=O) groups excluding carboxylic acids is 2. The van der Waals surface area contributed by atoms with Gasteiger partial charge in [0, 0.05) is 26.1 Å². The predicted molar refractivity (Wildman–Crippen MR) is 90.7 cm³/mol. The van der Waals surface area contributed by atoms with Crippen molar-refractivity contribution in [2.45, 2.75) is 12.8 Å². The Labute approximate surface area is 141 Å². The van der Waals surface area contributed by atoms with Crippen LogP contribution >= 0.6 is 11.3 Å². The molecule has 1 aliphatic rings. The summed E-state index contributed by atoms with van der Waals surface area (Å²) in [6.07, 6.45) is 1.95. The van der Waals surface area contributed by atoms with Crippen LogP contribution in [0.25, 0.3) is 0 Å². The molecule has 0 radical (unpaired) electrons. The van der Waals surface area contributed by atoms with Crippen molar-refractivity contribution in [2.24, 2.45) is 5.41 Å². The van der Waals surface area contributed by atoms with Gasteiger partial charge in [-0.15, -0.1) is 11.3 Å². The Morgan fingerprint density at radius 2 is 2.17 bits per heavy atom. The summed E-state index contributed by atoms with van der Waals surface area (Å²) in [4.78, 5) is 26.4. The average molecular weight is 339 g/mol. The lowest BCUT2D eigenvalue weighted by atomic mass is 9.79. The first-order valence-corrected chi connectivity index (χ1v) is 8.70. The number of carbonyl (C=O) groups is 2. The number of hydrogen-bond donors (Lipinski definition) is 2. The van der Waals surface area contributed by atoms with Crippen molar-refractivity contribution in [1.29, 1.82) is 0 Å². The number of piperidine rings is 1. The van der Waals surface area contributed by atoms with E-state index in [1.54, 1.807) is 20.2 Å². The summed E-state index contributed by atoms with van der Waals surface area (Å²) < 4.78 is 5.34. The first-order valence-electron chi connectivity index (χ1n) is 7.82. The highest BCUT2D eigenvalue weighted by molar-refractivity contribution is 7.12. The topological polar surface area (TPSA) is 70.7 Å². The van der Waals surface area contributed by atoms with Crippen molar-refractivity contribution < 1.29 is 14.3 Å². The third-order valence-electron chi connectivity index (χ3n) is 4.23. The maximum Gasteiger partial charge on any atom is 0.264 e. The summed E-state index contributed by atoms with van der Waals surface area (Å²) in [5.74, 6) is -0.255. The van der Waals surface area contributed by atoms with Crippen LogP contribution in [-0.2, 0) is 9.53 Å². The van der Waals surface area contributed by atoms with E-state index in [9.17, 15) is 9.59 Å². The van der Waals surface area contributed by atoms with Gasteiger partial charge in [-0.25, -0.2) is 0 Å². The van der Waals surface area contributed by atoms with Crippen molar-refractivity contribution in [3.05, 3.63) is 22.4 Å². The molecule has 1 aromatic rings. The Hall–Kier alpha value is -1.44. The Bertz CT molecular complexity index is 507. The van der Waals surface area contributed by atoms with Crippen LogP contribution in [-0.4, -0.2) is 63.7 Å². The lowest BCUT2D eigenvalue weighted by molar-refractivity contribution is -0.122. The van der Waals surface area contributed by atoms with E-state index in [1.165, 1.54) is 16.2 Å². The molecule has 128 valence electrons. The second-order valence-corrected chi connectivity index (χ2v) is 7.05. The number of amides is 2. The monoisotopic (exact) mass is 339 g/mol. The fourth-order valence-electron chi connectivity index (χ4n) is 2.85. The molecule has 1 saturated heterocycles. The van der Waals surface area contributed by atoms with Gasteiger partial charge in [0.2, 0.25) is 5.91 Å². The zero-order chi connectivity index (χ0) is 16.7. The van der Waals surface area contributed by atoms with E-state index in [4.69, 9.17) is 4.74 Å². The van der Waals surface area contributed by atoms with E-state index in [2.05, 4.69) is 10.6 Å². The van der Waals surface area contributed by atoms with Gasteiger partial charge in [-0.05, 0) is 37.4 Å². The fraction of sp³-hybridized carbons (Fsp3) is 0.625. The highest BCUT2D eigenvalue weighted by Crippen LogP contribution is 2.28. The van der Waals surface area contributed by atoms with Gasteiger partial charge in [-0.1, -0.05) is 6.07 Å². The number of rotatable bonds is 7.